The molecule has 0 aliphatic rings. The standard InChI is InChI=1S/C22H28N2O3/c1-14(2)17(11-15-7-9-20(24(3)4)19(23)12-15)22(25)18-13-16(26-5)8-10-21(18)27-6/h7-14H,23H2,1-6H3. The summed E-state index contributed by atoms with van der Waals surface area (Å²) in [6.45, 7) is 3.99. The van der Waals surface area contributed by atoms with Gasteiger partial charge in [0.05, 0.1) is 31.2 Å². The topological polar surface area (TPSA) is 64.8 Å². The molecule has 0 spiro atoms. The minimum Gasteiger partial charge on any atom is -0.497 e. The van der Waals surface area contributed by atoms with Crippen molar-refractivity contribution in [3.8, 4) is 11.5 Å². The minimum absolute atomic E-state index is 0.0307. The molecule has 0 aliphatic heterocycles. The first-order chi connectivity index (χ1) is 12.8. The molecule has 2 aromatic rings. The molecular weight excluding hydrogens is 340 g/mol. The van der Waals surface area contributed by atoms with Crippen molar-refractivity contribution in [3.05, 3.63) is 53.1 Å². The van der Waals surface area contributed by atoms with Crippen molar-refractivity contribution in [1.82, 2.24) is 0 Å². The molecule has 5 heteroatoms. The van der Waals surface area contributed by atoms with Crippen LogP contribution in [-0.2, 0) is 0 Å². The number of carbonyl (C=O) groups is 1. The zero-order valence-electron chi connectivity index (χ0n) is 16.9. The van der Waals surface area contributed by atoms with E-state index in [-0.39, 0.29) is 11.7 Å². The molecule has 0 radical (unpaired) electrons. The number of anilines is 2. The Morgan fingerprint density at radius 3 is 2.30 bits per heavy atom. The van der Waals surface area contributed by atoms with E-state index in [4.69, 9.17) is 15.2 Å². The van der Waals surface area contributed by atoms with E-state index in [2.05, 4.69) is 0 Å². The average Bonchev–Trinajstić information content (AvgIpc) is 2.64. The fourth-order valence-corrected chi connectivity index (χ4v) is 2.89. The van der Waals surface area contributed by atoms with Crippen molar-refractivity contribution in [2.24, 2.45) is 5.92 Å². The average molecular weight is 368 g/mol. The van der Waals surface area contributed by atoms with Crippen molar-refractivity contribution in [2.45, 2.75) is 13.8 Å². The number of benzene rings is 2. The molecule has 0 saturated carbocycles. The third kappa shape index (κ3) is 4.61. The van der Waals surface area contributed by atoms with Crippen LogP contribution in [0.15, 0.2) is 42.0 Å². The fraction of sp³-hybridized carbons (Fsp3) is 0.318. The number of methoxy groups -OCH3 is 2. The largest absolute Gasteiger partial charge is 0.497 e. The summed E-state index contributed by atoms with van der Waals surface area (Å²) in [6.07, 6.45) is 1.89. The summed E-state index contributed by atoms with van der Waals surface area (Å²) in [5, 5.41) is 0. The Hall–Kier alpha value is -2.95. The predicted molar refractivity (Wildman–Crippen MR) is 112 cm³/mol. The van der Waals surface area contributed by atoms with Gasteiger partial charge in [0.1, 0.15) is 11.5 Å². The van der Waals surface area contributed by atoms with Gasteiger partial charge < -0.3 is 20.1 Å². The van der Waals surface area contributed by atoms with Crippen molar-refractivity contribution >= 4 is 23.2 Å². The number of hydrogen-bond acceptors (Lipinski definition) is 5. The minimum atomic E-state index is -0.0870. The number of nitrogens with zero attached hydrogens (tertiary/aromatic N) is 1. The zero-order chi connectivity index (χ0) is 20.1. The molecule has 0 heterocycles. The van der Waals surface area contributed by atoms with Crippen LogP contribution >= 0.6 is 0 Å². The van der Waals surface area contributed by atoms with E-state index >= 15 is 0 Å². The Labute approximate surface area is 161 Å². The van der Waals surface area contributed by atoms with Crippen LogP contribution in [0.5, 0.6) is 11.5 Å². The maximum Gasteiger partial charge on any atom is 0.193 e. The lowest BCUT2D eigenvalue weighted by Gasteiger charge is -2.17. The van der Waals surface area contributed by atoms with E-state index < -0.39 is 0 Å². The third-order valence-electron chi connectivity index (χ3n) is 4.39. The van der Waals surface area contributed by atoms with Gasteiger partial charge in [-0.15, -0.1) is 0 Å². The Balaban J connectivity index is 2.50. The van der Waals surface area contributed by atoms with Crippen molar-refractivity contribution in [3.63, 3.8) is 0 Å². The second-order valence-electron chi connectivity index (χ2n) is 6.86. The number of ketones is 1. The molecule has 144 valence electrons. The van der Waals surface area contributed by atoms with Crippen molar-refractivity contribution in [1.29, 1.82) is 0 Å². The van der Waals surface area contributed by atoms with Gasteiger partial charge in [0.15, 0.2) is 5.78 Å². The van der Waals surface area contributed by atoms with E-state index in [1.54, 1.807) is 32.4 Å². The number of carbonyl (C=O) groups excluding carboxylic acids is 1. The van der Waals surface area contributed by atoms with Gasteiger partial charge in [0.2, 0.25) is 0 Å². The van der Waals surface area contributed by atoms with Crippen LogP contribution < -0.4 is 20.1 Å². The highest BCUT2D eigenvalue weighted by Crippen LogP contribution is 2.30. The first-order valence-corrected chi connectivity index (χ1v) is 8.83. The van der Waals surface area contributed by atoms with E-state index in [9.17, 15) is 4.79 Å². The molecule has 0 aromatic heterocycles. The molecule has 0 saturated heterocycles. The smallest absolute Gasteiger partial charge is 0.193 e. The van der Waals surface area contributed by atoms with Crippen LogP contribution in [0.3, 0.4) is 0 Å². The molecule has 2 N–H and O–H groups in total. The maximum absolute atomic E-state index is 13.3. The molecule has 2 aromatic carbocycles. The van der Waals surface area contributed by atoms with E-state index in [0.717, 1.165) is 11.3 Å². The number of ether oxygens (including phenoxy) is 2. The second-order valence-corrected chi connectivity index (χ2v) is 6.86. The third-order valence-corrected chi connectivity index (χ3v) is 4.39. The van der Waals surface area contributed by atoms with E-state index in [0.29, 0.717) is 28.3 Å². The van der Waals surface area contributed by atoms with Crippen LogP contribution in [0.1, 0.15) is 29.8 Å². The number of nitrogen functional groups attached to an aromatic ring is 1. The fourth-order valence-electron chi connectivity index (χ4n) is 2.89. The van der Waals surface area contributed by atoms with Crippen molar-refractivity contribution < 1.29 is 14.3 Å². The highest BCUT2D eigenvalue weighted by molar-refractivity contribution is 6.13. The summed E-state index contributed by atoms with van der Waals surface area (Å²) in [6, 6.07) is 11.0. The first-order valence-electron chi connectivity index (χ1n) is 8.83. The number of allylic oxidation sites excluding steroid dienone is 1. The Bertz CT molecular complexity index is 855. The van der Waals surface area contributed by atoms with Crippen LogP contribution in [-0.4, -0.2) is 34.1 Å². The van der Waals surface area contributed by atoms with Gasteiger partial charge in [0.25, 0.3) is 0 Å². The van der Waals surface area contributed by atoms with E-state index in [1.807, 2.05) is 57.1 Å². The number of Topliss-reactive ketones (excluding diaryl/α,β-unsaturated/α-hetero) is 1. The number of hydrogen-bond donors (Lipinski definition) is 1. The van der Waals surface area contributed by atoms with Gasteiger partial charge in [-0.25, -0.2) is 0 Å². The van der Waals surface area contributed by atoms with Gasteiger partial charge in [-0.2, -0.15) is 0 Å². The van der Waals surface area contributed by atoms with Gasteiger partial charge in [-0.3, -0.25) is 4.79 Å². The maximum atomic E-state index is 13.3. The molecule has 0 unspecified atom stereocenters. The summed E-state index contributed by atoms with van der Waals surface area (Å²) in [5.74, 6) is 1.08. The van der Waals surface area contributed by atoms with Crippen molar-refractivity contribution in [2.75, 3.05) is 38.9 Å². The lowest BCUT2D eigenvalue weighted by atomic mass is 9.91. The first kappa shape index (κ1) is 20.4. The highest BCUT2D eigenvalue weighted by Gasteiger charge is 2.20. The lowest BCUT2D eigenvalue weighted by molar-refractivity contribution is 0.102. The predicted octanol–water partition coefficient (Wildman–Crippen LogP) is 4.27. The van der Waals surface area contributed by atoms with Crippen LogP contribution in [0.2, 0.25) is 0 Å². The monoisotopic (exact) mass is 368 g/mol. The molecule has 0 fully saturated rings. The Kier molecular flexibility index (Phi) is 6.50. The molecular formula is C22H28N2O3. The molecule has 0 bridgehead atoms. The quantitative estimate of drug-likeness (QED) is 0.449. The van der Waals surface area contributed by atoms with Gasteiger partial charge in [0, 0.05) is 19.7 Å². The molecule has 0 aliphatic carbocycles. The normalized spacial score (nSPS) is 11.4. The number of rotatable bonds is 7. The molecule has 27 heavy (non-hydrogen) atoms. The van der Waals surface area contributed by atoms with Gasteiger partial charge in [-0.05, 0) is 47.9 Å². The number of nitrogens with two attached hydrogens (primary N) is 1. The van der Waals surface area contributed by atoms with Crippen LogP contribution in [0.4, 0.5) is 11.4 Å². The van der Waals surface area contributed by atoms with Gasteiger partial charge >= 0.3 is 0 Å². The van der Waals surface area contributed by atoms with Crippen LogP contribution in [0.25, 0.3) is 6.08 Å². The van der Waals surface area contributed by atoms with E-state index in [1.165, 1.54) is 0 Å². The highest BCUT2D eigenvalue weighted by atomic mass is 16.5. The summed E-state index contributed by atoms with van der Waals surface area (Å²) in [5.41, 5.74) is 9.81. The van der Waals surface area contributed by atoms with Crippen LogP contribution in [0, 0.1) is 5.92 Å². The lowest BCUT2D eigenvalue weighted by Crippen LogP contribution is -2.12. The summed E-state index contributed by atoms with van der Waals surface area (Å²) >= 11 is 0. The summed E-state index contributed by atoms with van der Waals surface area (Å²) in [7, 11) is 7.01. The molecule has 5 nitrogen and oxygen atoms in total. The molecule has 0 atom stereocenters. The Morgan fingerprint density at radius 2 is 1.78 bits per heavy atom. The Morgan fingerprint density at radius 1 is 1.07 bits per heavy atom. The SMILES string of the molecule is COc1ccc(OC)c(C(=O)C(=Cc2ccc(N(C)C)c(N)c2)C(C)C)c1. The summed E-state index contributed by atoms with van der Waals surface area (Å²) < 4.78 is 10.6. The zero-order valence-corrected chi connectivity index (χ0v) is 16.9. The molecule has 2 rings (SSSR count). The van der Waals surface area contributed by atoms with Gasteiger partial charge in [-0.1, -0.05) is 19.9 Å². The summed E-state index contributed by atoms with van der Waals surface area (Å²) in [4.78, 5) is 15.2. The molecule has 0 amide bonds. The second kappa shape index (κ2) is 8.62.